The molecule has 122 valence electrons. The van der Waals surface area contributed by atoms with Crippen LogP contribution in [0.25, 0.3) is 0 Å². The van der Waals surface area contributed by atoms with Crippen LogP contribution in [-0.4, -0.2) is 44.9 Å². The molecule has 1 aliphatic rings. The molecule has 1 aromatic heterocycles. The SMILES string of the molecule is Cc1ccc(C(C)C(O)C(=O)N2CCC(n3cccn3)C2)cc1. The van der Waals surface area contributed by atoms with Crippen LogP contribution in [0.2, 0.25) is 0 Å². The third-order valence-electron chi connectivity index (χ3n) is 4.70. The normalized spacial score (nSPS) is 20.5. The maximum Gasteiger partial charge on any atom is 0.252 e. The number of hydrogen-bond acceptors (Lipinski definition) is 3. The number of rotatable bonds is 4. The number of carbonyl (C=O) groups excluding carboxylic acids is 1. The third kappa shape index (κ3) is 3.29. The quantitative estimate of drug-likeness (QED) is 0.941. The van der Waals surface area contributed by atoms with E-state index in [9.17, 15) is 9.90 Å². The summed E-state index contributed by atoms with van der Waals surface area (Å²) in [6, 6.07) is 10.1. The van der Waals surface area contributed by atoms with Crippen LogP contribution in [0.3, 0.4) is 0 Å². The van der Waals surface area contributed by atoms with Crippen LogP contribution in [0, 0.1) is 6.92 Å². The van der Waals surface area contributed by atoms with E-state index in [2.05, 4.69) is 5.10 Å². The van der Waals surface area contributed by atoms with Crippen molar-refractivity contribution < 1.29 is 9.90 Å². The first-order valence-electron chi connectivity index (χ1n) is 8.09. The number of aliphatic hydroxyl groups is 1. The summed E-state index contributed by atoms with van der Waals surface area (Å²) in [5.74, 6) is -0.403. The highest BCUT2D eigenvalue weighted by Crippen LogP contribution is 2.25. The standard InChI is InChI=1S/C18H23N3O2/c1-13-4-6-15(7-5-13)14(2)17(22)18(23)20-11-8-16(12-20)21-10-3-9-19-21/h3-7,9-10,14,16-17,22H,8,11-12H2,1-2H3. The highest BCUT2D eigenvalue weighted by atomic mass is 16.3. The molecule has 0 radical (unpaired) electrons. The second-order valence-corrected chi connectivity index (χ2v) is 6.36. The van der Waals surface area contributed by atoms with Crippen molar-refractivity contribution >= 4 is 5.91 Å². The predicted molar refractivity (Wildman–Crippen MR) is 88.1 cm³/mol. The first-order chi connectivity index (χ1) is 11.1. The molecule has 1 aromatic carbocycles. The van der Waals surface area contributed by atoms with Crippen LogP contribution >= 0.6 is 0 Å². The van der Waals surface area contributed by atoms with Gasteiger partial charge < -0.3 is 10.0 Å². The summed E-state index contributed by atoms with van der Waals surface area (Å²) in [5.41, 5.74) is 2.16. The second-order valence-electron chi connectivity index (χ2n) is 6.36. The Morgan fingerprint density at radius 2 is 2.09 bits per heavy atom. The molecule has 1 amide bonds. The van der Waals surface area contributed by atoms with Crippen LogP contribution in [0.4, 0.5) is 0 Å². The van der Waals surface area contributed by atoms with E-state index in [0.717, 1.165) is 12.0 Å². The Kier molecular flexibility index (Phi) is 4.48. The first-order valence-corrected chi connectivity index (χ1v) is 8.09. The lowest BCUT2D eigenvalue weighted by Crippen LogP contribution is -2.40. The minimum atomic E-state index is -1.01. The van der Waals surface area contributed by atoms with Crippen molar-refractivity contribution in [2.45, 2.75) is 38.3 Å². The van der Waals surface area contributed by atoms with Crippen molar-refractivity contribution in [1.82, 2.24) is 14.7 Å². The third-order valence-corrected chi connectivity index (χ3v) is 4.70. The van der Waals surface area contributed by atoms with Gasteiger partial charge in [0.25, 0.3) is 5.91 Å². The van der Waals surface area contributed by atoms with Gasteiger partial charge in [-0.3, -0.25) is 9.48 Å². The molecule has 0 bridgehead atoms. The van der Waals surface area contributed by atoms with Gasteiger partial charge in [-0.15, -0.1) is 0 Å². The largest absolute Gasteiger partial charge is 0.383 e. The summed E-state index contributed by atoms with van der Waals surface area (Å²) >= 11 is 0. The van der Waals surface area contributed by atoms with E-state index < -0.39 is 6.10 Å². The van der Waals surface area contributed by atoms with Gasteiger partial charge in [0.1, 0.15) is 6.10 Å². The molecule has 2 aromatic rings. The van der Waals surface area contributed by atoms with Gasteiger partial charge in [-0.25, -0.2) is 0 Å². The molecule has 5 heteroatoms. The number of hydrogen-bond donors (Lipinski definition) is 1. The fourth-order valence-electron chi connectivity index (χ4n) is 3.11. The van der Waals surface area contributed by atoms with Crippen LogP contribution in [0.1, 0.15) is 36.4 Å². The van der Waals surface area contributed by atoms with Crippen LogP contribution in [0.15, 0.2) is 42.7 Å². The first kappa shape index (κ1) is 15.7. The van der Waals surface area contributed by atoms with Crippen LogP contribution < -0.4 is 0 Å². The topological polar surface area (TPSA) is 58.4 Å². The van der Waals surface area contributed by atoms with E-state index >= 15 is 0 Å². The van der Waals surface area contributed by atoms with E-state index in [1.54, 1.807) is 11.1 Å². The van der Waals surface area contributed by atoms with Gasteiger partial charge in [-0.05, 0) is 25.0 Å². The molecule has 3 rings (SSSR count). The minimum absolute atomic E-state index is 0.187. The smallest absolute Gasteiger partial charge is 0.252 e. The van der Waals surface area contributed by atoms with Crippen molar-refractivity contribution in [3.05, 3.63) is 53.9 Å². The Morgan fingerprint density at radius 3 is 2.74 bits per heavy atom. The Morgan fingerprint density at radius 1 is 1.35 bits per heavy atom. The van der Waals surface area contributed by atoms with E-state index in [1.165, 1.54) is 5.56 Å². The molecular weight excluding hydrogens is 290 g/mol. The Hall–Kier alpha value is -2.14. The maximum atomic E-state index is 12.6. The number of amides is 1. The molecular formula is C18H23N3O2. The van der Waals surface area contributed by atoms with Crippen molar-refractivity contribution in [2.75, 3.05) is 13.1 Å². The summed E-state index contributed by atoms with van der Waals surface area (Å²) < 4.78 is 1.89. The van der Waals surface area contributed by atoms with E-state index in [-0.39, 0.29) is 17.9 Å². The minimum Gasteiger partial charge on any atom is -0.383 e. The van der Waals surface area contributed by atoms with E-state index in [4.69, 9.17) is 0 Å². The number of benzene rings is 1. The number of aryl methyl sites for hydroxylation is 1. The lowest BCUT2D eigenvalue weighted by Gasteiger charge is -2.24. The van der Waals surface area contributed by atoms with Crippen molar-refractivity contribution in [3.63, 3.8) is 0 Å². The summed E-state index contributed by atoms with van der Waals surface area (Å²) in [7, 11) is 0. The summed E-state index contributed by atoms with van der Waals surface area (Å²) in [6.45, 7) is 5.20. The van der Waals surface area contributed by atoms with E-state index in [0.29, 0.717) is 13.1 Å². The highest BCUT2D eigenvalue weighted by Gasteiger charge is 2.33. The molecule has 0 saturated carbocycles. The molecule has 3 atom stereocenters. The van der Waals surface area contributed by atoms with Gasteiger partial charge in [-0.2, -0.15) is 5.10 Å². The molecule has 23 heavy (non-hydrogen) atoms. The van der Waals surface area contributed by atoms with Crippen molar-refractivity contribution in [2.24, 2.45) is 0 Å². The van der Waals surface area contributed by atoms with Gasteiger partial charge in [-0.1, -0.05) is 36.8 Å². The van der Waals surface area contributed by atoms with Gasteiger partial charge in [0.05, 0.1) is 6.04 Å². The summed E-state index contributed by atoms with van der Waals surface area (Å²) in [4.78, 5) is 14.3. The Labute approximate surface area is 136 Å². The molecule has 1 fully saturated rings. The Balaban J connectivity index is 1.64. The molecule has 0 aliphatic carbocycles. The van der Waals surface area contributed by atoms with Gasteiger partial charge in [0, 0.05) is 31.4 Å². The number of nitrogens with zero attached hydrogens (tertiary/aromatic N) is 3. The number of carbonyl (C=O) groups is 1. The van der Waals surface area contributed by atoms with Gasteiger partial charge >= 0.3 is 0 Å². The maximum absolute atomic E-state index is 12.6. The lowest BCUT2D eigenvalue weighted by atomic mass is 9.94. The number of aliphatic hydroxyl groups excluding tert-OH is 1. The Bertz CT molecular complexity index is 651. The fraction of sp³-hybridized carbons (Fsp3) is 0.444. The number of aromatic nitrogens is 2. The molecule has 1 aliphatic heterocycles. The zero-order valence-electron chi connectivity index (χ0n) is 13.6. The predicted octanol–water partition coefficient (Wildman–Crippen LogP) is 2.13. The summed E-state index contributed by atoms with van der Waals surface area (Å²) in [6.07, 6.45) is 3.54. The van der Waals surface area contributed by atoms with Crippen molar-refractivity contribution in [3.8, 4) is 0 Å². The highest BCUT2D eigenvalue weighted by molar-refractivity contribution is 5.82. The van der Waals surface area contributed by atoms with Crippen LogP contribution in [0.5, 0.6) is 0 Å². The van der Waals surface area contributed by atoms with Gasteiger partial charge in [0.15, 0.2) is 0 Å². The average molecular weight is 313 g/mol. The molecule has 5 nitrogen and oxygen atoms in total. The molecule has 1 N–H and O–H groups in total. The average Bonchev–Trinajstić information content (AvgIpc) is 3.24. The summed E-state index contributed by atoms with van der Waals surface area (Å²) in [5, 5.41) is 14.7. The molecule has 3 unspecified atom stereocenters. The fourth-order valence-corrected chi connectivity index (χ4v) is 3.11. The molecule has 1 saturated heterocycles. The van der Waals surface area contributed by atoms with Crippen LogP contribution in [-0.2, 0) is 4.79 Å². The second kappa shape index (κ2) is 6.54. The zero-order valence-corrected chi connectivity index (χ0v) is 13.6. The van der Waals surface area contributed by atoms with Gasteiger partial charge in [0.2, 0.25) is 0 Å². The molecule has 0 spiro atoms. The molecule has 2 heterocycles. The monoisotopic (exact) mass is 313 g/mol. The zero-order chi connectivity index (χ0) is 16.4. The number of likely N-dealkylation sites (tertiary alicyclic amines) is 1. The van der Waals surface area contributed by atoms with E-state index in [1.807, 2.05) is 55.1 Å². The lowest BCUT2D eigenvalue weighted by molar-refractivity contribution is -0.140. The van der Waals surface area contributed by atoms with Crippen molar-refractivity contribution in [1.29, 1.82) is 0 Å².